The van der Waals surface area contributed by atoms with Crippen molar-refractivity contribution >= 4 is 10.9 Å². The highest BCUT2D eigenvalue weighted by Gasteiger charge is 2.27. The minimum Gasteiger partial charge on any atom is -0.390 e. The summed E-state index contributed by atoms with van der Waals surface area (Å²) in [6, 6.07) is 7.70. The highest BCUT2D eigenvalue weighted by Crippen LogP contribution is 2.18. The summed E-state index contributed by atoms with van der Waals surface area (Å²) < 4.78 is 27.6. The number of nitrogens with zero attached hydrogens (tertiary/aromatic N) is 2. The van der Waals surface area contributed by atoms with Crippen molar-refractivity contribution < 1.29 is 13.9 Å². The van der Waals surface area contributed by atoms with E-state index >= 15 is 0 Å². The molecule has 1 aromatic heterocycles. The number of nitrogens with one attached hydrogen (secondary N) is 1. The van der Waals surface area contributed by atoms with Gasteiger partial charge in [0.15, 0.2) is 0 Å². The van der Waals surface area contributed by atoms with Crippen LogP contribution < -0.4 is 5.32 Å². The average molecular weight is 269 g/mol. The number of alkyl halides is 2. The number of hydrogen-bond acceptors (Lipinski definition) is 3. The predicted octanol–water partition coefficient (Wildman–Crippen LogP) is 1.77. The first-order valence-electron chi connectivity index (χ1n) is 6.21. The maximum Gasteiger partial charge on any atom is 0.282 e. The molecule has 1 heterocycles. The molecule has 0 saturated heterocycles. The van der Waals surface area contributed by atoms with E-state index in [1.807, 2.05) is 35.9 Å². The number of aliphatic hydroxyl groups excluding tert-OH is 1. The van der Waals surface area contributed by atoms with Gasteiger partial charge in [-0.25, -0.2) is 8.78 Å². The fourth-order valence-corrected chi connectivity index (χ4v) is 1.99. The molecule has 4 nitrogen and oxygen atoms in total. The second-order valence-electron chi connectivity index (χ2n) is 4.40. The Kier molecular flexibility index (Phi) is 4.11. The number of benzene rings is 1. The fourth-order valence-electron chi connectivity index (χ4n) is 1.99. The zero-order valence-corrected chi connectivity index (χ0v) is 10.7. The summed E-state index contributed by atoms with van der Waals surface area (Å²) in [5.74, 6) is -3.09. The van der Waals surface area contributed by atoms with Crippen molar-refractivity contribution in [2.75, 3.05) is 13.2 Å². The van der Waals surface area contributed by atoms with Crippen LogP contribution in [0.3, 0.4) is 0 Å². The summed E-state index contributed by atoms with van der Waals surface area (Å²) in [5.41, 5.74) is 1.74. The molecule has 2 N–H and O–H groups in total. The van der Waals surface area contributed by atoms with Crippen LogP contribution in [-0.4, -0.2) is 34.0 Å². The van der Waals surface area contributed by atoms with E-state index in [1.54, 1.807) is 0 Å². The van der Waals surface area contributed by atoms with Crippen molar-refractivity contribution in [1.82, 2.24) is 15.1 Å². The normalized spacial score (nSPS) is 12.2. The van der Waals surface area contributed by atoms with Gasteiger partial charge in [-0.05, 0) is 13.0 Å². The molecule has 0 fully saturated rings. The Labute approximate surface area is 110 Å². The highest BCUT2D eigenvalue weighted by molar-refractivity contribution is 5.81. The quantitative estimate of drug-likeness (QED) is 0.840. The standard InChI is InChI=1S/C13H17F2N3O/c1-2-18-12-6-4-3-5-10(12)11(17-18)7-16-8-13(14,15)9-19/h3-6,16,19H,2,7-9H2,1H3. The largest absolute Gasteiger partial charge is 0.390 e. The van der Waals surface area contributed by atoms with E-state index in [0.29, 0.717) is 0 Å². The van der Waals surface area contributed by atoms with Crippen molar-refractivity contribution in [1.29, 1.82) is 0 Å². The molecule has 6 heteroatoms. The zero-order valence-electron chi connectivity index (χ0n) is 10.7. The van der Waals surface area contributed by atoms with Crippen LogP contribution in [0, 0.1) is 0 Å². The van der Waals surface area contributed by atoms with Gasteiger partial charge < -0.3 is 10.4 Å². The van der Waals surface area contributed by atoms with Gasteiger partial charge in [0.05, 0.1) is 17.8 Å². The summed E-state index contributed by atoms with van der Waals surface area (Å²) in [5, 5.41) is 16.5. The first-order chi connectivity index (χ1) is 9.07. The Morgan fingerprint density at radius 2 is 2.11 bits per heavy atom. The third-order valence-corrected chi connectivity index (χ3v) is 2.94. The Morgan fingerprint density at radius 3 is 2.79 bits per heavy atom. The molecule has 104 valence electrons. The number of aliphatic hydroxyl groups is 1. The van der Waals surface area contributed by atoms with E-state index in [0.717, 1.165) is 23.1 Å². The van der Waals surface area contributed by atoms with Crippen molar-refractivity contribution in [2.24, 2.45) is 0 Å². The van der Waals surface area contributed by atoms with Gasteiger partial charge in [0.2, 0.25) is 0 Å². The summed E-state index contributed by atoms with van der Waals surface area (Å²) in [4.78, 5) is 0. The van der Waals surface area contributed by atoms with Crippen molar-refractivity contribution in [2.45, 2.75) is 25.9 Å². The summed E-state index contributed by atoms with van der Waals surface area (Å²) in [7, 11) is 0. The van der Waals surface area contributed by atoms with Crippen LogP contribution in [0.4, 0.5) is 8.78 Å². The lowest BCUT2D eigenvalue weighted by molar-refractivity contribution is -0.0478. The summed E-state index contributed by atoms with van der Waals surface area (Å²) >= 11 is 0. The molecule has 0 spiro atoms. The van der Waals surface area contributed by atoms with Gasteiger partial charge in [-0.3, -0.25) is 4.68 Å². The molecule has 1 aromatic carbocycles. The molecule has 0 bridgehead atoms. The lowest BCUT2D eigenvalue weighted by atomic mass is 10.2. The molecule has 0 saturated carbocycles. The van der Waals surface area contributed by atoms with E-state index in [4.69, 9.17) is 5.11 Å². The smallest absolute Gasteiger partial charge is 0.282 e. The van der Waals surface area contributed by atoms with Crippen molar-refractivity contribution in [3.8, 4) is 0 Å². The Bertz CT molecular complexity index is 554. The number of halogens is 2. The van der Waals surface area contributed by atoms with E-state index in [9.17, 15) is 8.78 Å². The number of aryl methyl sites for hydroxylation is 1. The van der Waals surface area contributed by atoms with E-state index in [-0.39, 0.29) is 6.54 Å². The van der Waals surface area contributed by atoms with Crippen LogP contribution >= 0.6 is 0 Å². The number of fused-ring (bicyclic) bond motifs is 1. The Balaban J connectivity index is 2.13. The number of para-hydroxylation sites is 1. The molecule has 2 rings (SSSR count). The molecule has 0 unspecified atom stereocenters. The van der Waals surface area contributed by atoms with Gasteiger partial charge in [0.25, 0.3) is 5.92 Å². The molecule has 0 atom stereocenters. The van der Waals surface area contributed by atoms with E-state index in [2.05, 4.69) is 10.4 Å². The number of rotatable bonds is 6. The van der Waals surface area contributed by atoms with Crippen LogP contribution in [0.1, 0.15) is 12.6 Å². The van der Waals surface area contributed by atoms with Crippen molar-refractivity contribution in [3.05, 3.63) is 30.0 Å². The second-order valence-corrected chi connectivity index (χ2v) is 4.40. The van der Waals surface area contributed by atoms with Gasteiger partial charge in [0, 0.05) is 18.5 Å². The molecule has 0 aliphatic carbocycles. The lowest BCUT2D eigenvalue weighted by Gasteiger charge is -2.13. The van der Waals surface area contributed by atoms with Crippen LogP contribution in [0.15, 0.2) is 24.3 Å². The lowest BCUT2D eigenvalue weighted by Crippen LogP contribution is -2.35. The summed E-state index contributed by atoms with van der Waals surface area (Å²) in [6.07, 6.45) is 0. The molecule has 19 heavy (non-hydrogen) atoms. The van der Waals surface area contributed by atoms with Crippen LogP contribution in [0.2, 0.25) is 0 Å². The second kappa shape index (κ2) is 5.63. The SMILES string of the molecule is CCn1nc(CNCC(F)(F)CO)c2ccccc21. The minimum atomic E-state index is -3.09. The third kappa shape index (κ3) is 3.08. The first-order valence-corrected chi connectivity index (χ1v) is 6.21. The van der Waals surface area contributed by atoms with E-state index in [1.165, 1.54) is 0 Å². The van der Waals surface area contributed by atoms with Gasteiger partial charge >= 0.3 is 0 Å². The third-order valence-electron chi connectivity index (χ3n) is 2.94. The van der Waals surface area contributed by atoms with E-state index < -0.39 is 19.1 Å². The van der Waals surface area contributed by atoms with Gasteiger partial charge in [0.1, 0.15) is 6.61 Å². The fraction of sp³-hybridized carbons (Fsp3) is 0.462. The molecule has 0 aliphatic heterocycles. The number of aromatic nitrogens is 2. The Hall–Kier alpha value is -1.53. The number of hydrogen-bond donors (Lipinski definition) is 2. The maximum absolute atomic E-state index is 12.9. The molecule has 0 radical (unpaired) electrons. The highest BCUT2D eigenvalue weighted by atomic mass is 19.3. The van der Waals surface area contributed by atoms with Crippen LogP contribution in [-0.2, 0) is 13.1 Å². The molecule has 0 amide bonds. The van der Waals surface area contributed by atoms with Gasteiger partial charge in [-0.1, -0.05) is 18.2 Å². The van der Waals surface area contributed by atoms with Crippen molar-refractivity contribution in [3.63, 3.8) is 0 Å². The Morgan fingerprint density at radius 1 is 1.37 bits per heavy atom. The van der Waals surface area contributed by atoms with Crippen LogP contribution in [0.5, 0.6) is 0 Å². The minimum absolute atomic E-state index is 0.253. The predicted molar refractivity (Wildman–Crippen MR) is 69.1 cm³/mol. The average Bonchev–Trinajstić information content (AvgIpc) is 2.77. The topological polar surface area (TPSA) is 50.1 Å². The molecule has 2 aromatic rings. The first kappa shape index (κ1) is 13.9. The van der Waals surface area contributed by atoms with Gasteiger partial charge in [-0.15, -0.1) is 0 Å². The monoisotopic (exact) mass is 269 g/mol. The summed E-state index contributed by atoms with van der Waals surface area (Å²) in [6.45, 7) is 1.26. The van der Waals surface area contributed by atoms with Gasteiger partial charge in [-0.2, -0.15) is 5.10 Å². The zero-order chi connectivity index (χ0) is 13.9. The molecular weight excluding hydrogens is 252 g/mol. The molecule has 0 aliphatic rings. The molecular formula is C13H17F2N3O. The maximum atomic E-state index is 12.9. The van der Waals surface area contributed by atoms with Crippen LogP contribution in [0.25, 0.3) is 10.9 Å².